The predicted molar refractivity (Wildman–Crippen MR) is 76.2 cm³/mol. The third-order valence-electron chi connectivity index (χ3n) is 3.25. The third-order valence-corrected chi connectivity index (χ3v) is 3.85. The smallest absolute Gasteiger partial charge is 0.227 e. The number of benzene rings is 1. The van der Waals surface area contributed by atoms with Crippen molar-refractivity contribution in [1.82, 2.24) is 0 Å². The minimum atomic E-state index is 0.144. The van der Waals surface area contributed by atoms with Crippen molar-refractivity contribution in [2.45, 2.75) is 31.5 Å². The van der Waals surface area contributed by atoms with Crippen LogP contribution in [0.15, 0.2) is 18.2 Å². The van der Waals surface area contributed by atoms with E-state index in [2.05, 4.69) is 21.2 Å². The molecular weight excluding hydrogens is 294 g/mol. The summed E-state index contributed by atoms with van der Waals surface area (Å²) < 4.78 is 5.52. The molecule has 1 aromatic rings. The number of anilines is 1. The molecule has 1 amide bonds. The van der Waals surface area contributed by atoms with Gasteiger partial charge in [-0.15, -0.1) is 0 Å². The van der Waals surface area contributed by atoms with Crippen molar-refractivity contribution in [3.8, 4) is 5.75 Å². The van der Waals surface area contributed by atoms with E-state index in [0.29, 0.717) is 6.61 Å². The number of nitrogens with one attached hydrogen (secondary N) is 1. The first-order valence-corrected chi connectivity index (χ1v) is 7.49. The quantitative estimate of drug-likeness (QED) is 0.842. The number of amides is 1. The Kier molecular flexibility index (Phi) is 4.64. The van der Waals surface area contributed by atoms with Crippen LogP contribution in [0.3, 0.4) is 0 Å². The van der Waals surface area contributed by atoms with E-state index < -0.39 is 0 Å². The number of carbonyl (C=O) groups is 1. The van der Waals surface area contributed by atoms with Crippen molar-refractivity contribution in [2.24, 2.45) is 5.92 Å². The number of hydrogen-bond donors (Lipinski definition) is 1. The lowest BCUT2D eigenvalue weighted by Gasteiger charge is -2.24. The SMILES string of the molecule is CCOc1ccc(NC(=O)C2CCC2)cc1CBr. The highest BCUT2D eigenvalue weighted by Crippen LogP contribution is 2.29. The Morgan fingerprint density at radius 3 is 2.83 bits per heavy atom. The molecule has 1 aromatic carbocycles. The molecule has 1 N–H and O–H groups in total. The van der Waals surface area contributed by atoms with Gasteiger partial charge < -0.3 is 10.1 Å². The van der Waals surface area contributed by atoms with E-state index in [1.165, 1.54) is 6.42 Å². The van der Waals surface area contributed by atoms with Gasteiger partial charge >= 0.3 is 0 Å². The first kappa shape index (κ1) is 13.4. The maximum atomic E-state index is 11.9. The fourth-order valence-corrected chi connectivity index (χ4v) is 2.41. The summed E-state index contributed by atoms with van der Waals surface area (Å²) in [5, 5.41) is 3.69. The number of carbonyl (C=O) groups excluding carboxylic acids is 1. The lowest BCUT2D eigenvalue weighted by Crippen LogP contribution is -2.28. The van der Waals surface area contributed by atoms with Gasteiger partial charge in [-0.3, -0.25) is 4.79 Å². The molecule has 3 nitrogen and oxygen atoms in total. The molecule has 1 fully saturated rings. The van der Waals surface area contributed by atoms with Crippen LogP contribution in [-0.4, -0.2) is 12.5 Å². The summed E-state index contributed by atoms with van der Waals surface area (Å²) in [6.45, 7) is 2.61. The molecule has 98 valence electrons. The van der Waals surface area contributed by atoms with E-state index in [-0.39, 0.29) is 11.8 Å². The highest BCUT2D eigenvalue weighted by molar-refractivity contribution is 9.08. The zero-order chi connectivity index (χ0) is 13.0. The third kappa shape index (κ3) is 3.05. The van der Waals surface area contributed by atoms with Gasteiger partial charge in [0.05, 0.1) is 6.61 Å². The van der Waals surface area contributed by atoms with Crippen LogP contribution >= 0.6 is 15.9 Å². The molecule has 1 saturated carbocycles. The molecule has 1 aliphatic carbocycles. The molecule has 0 bridgehead atoms. The van der Waals surface area contributed by atoms with E-state index in [0.717, 1.165) is 35.2 Å². The molecule has 18 heavy (non-hydrogen) atoms. The van der Waals surface area contributed by atoms with Gasteiger partial charge in [0, 0.05) is 22.5 Å². The molecule has 0 atom stereocenters. The molecular formula is C14H18BrNO2. The summed E-state index contributed by atoms with van der Waals surface area (Å²) in [4.78, 5) is 11.9. The van der Waals surface area contributed by atoms with Gasteiger partial charge in [-0.2, -0.15) is 0 Å². The largest absolute Gasteiger partial charge is 0.494 e. The van der Waals surface area contributed by atoms with Gasteiger partial charge in [-0.25, -0.2) is 0 Å². The molecule has 2 rings (SSSR count). The summed E-state index contributed by atoms with van der Waals surface area (Å²) in [6.07, 6.45) is 3.22. The van der Waals surface area contributed by atoms with E-state index in [9.17, 15) is 4.79 Å². The highest BCUT2D eigenvalue weighted by Gasteiger charge is 2.25. The fourth-order valence-electron chi connectivity index (χ4n) is 1.97. The molecule has 0 aliphatic heterocycles. The van der Waals surface area contributed by atoms with Gasteiger partial charge in [-0.05, 0) is 38.0 Å². The maximum absolute atomic E-state index is 11.9. The lowest BCUT2D eigenvalue weighted by atomic mass is 9.85. The van der Waals surface area contributed by atoms with Crippen LogP contribution in [-0.2, 0) is 10.1 Å². The molecule has 1 aliphatic rings. The first-order valence-electron chi connectivity index (χ1n) is 6.37. The molecule has 0 unspecified atom stereocenters. The Balaban J connectivity index is 2.06. The van der Waals surface area contributed by atoms with E-state index in [1.54, 1.807) is 0 Å². The number of ether oxygens (including phenoxy) is 1. The molecule has 0 saturated heterocycles. The molecule has 0 radical (unpaired) electrons. The maximum Gasteiger partial charge on any atom is 0.227 e. The van der Waals surface area contributed by atoms with Crippen LogP contribution in [0.1, 0.15) is 31.7 Å². The van der Waals surface area contributed by atoms with Crippen molar-refractivity contribution in [1.29, 1.82) is 0 Å². The van der Waals surface area contributed by atoms with Crippen molar-refractivity contribution < 1.29 is 9.53 Å². The van der Waals surface area contributed by atoms with Gasteiger partial charge in [0.25, 0.3) is 0 Å². The van der Waals surface area contributed by atoms with E-state index in [4.69, 9.17) is 4.74 Å². The van der Waals surface area contributed by atoms with E-state index in [1.807, 2.05) is 25.1 Å². The lowest BCUT2D eigenvalue weighted by molar-refractivity contribution is -0.122. The minimum Gasteiger partial charge on any atom is -0.494 e. The number of halogens is 1. The minimum absolute atomic E-state index is 0.144. The number of alkyl halides is 1. The average Bonchev–Trinajstić information content (AvgIpc) is 2.29. The molecule has 0 aromatic heterocycles. The normalized spacial score (nSPS) is 15.0. The van der Waals surface area contributed by atoms with Crippen molar-refractivity contribution >= 4 is 27.5 Å². The van der Waals surface area contributed by atoms with Gasteiger partial charge in [0.2, 0.25) is 5.91 Å². The van der Waals surface area contributed by atoms with Crippen molar-refractivity contribution in [3.05, 3.63) is 23.8 Å². The Morgan fingerprint density at radius 2 is 2.28 bits per heavy atom. The Bertz CT molecular complexity index is 430. The van der Waals surface area contributed by atoms with Crippen LogP contribution in [0.4, 0.5) is 5.69 Å². The second-order valence-corrected chi connectivity index (χ2v) is 5.07. The average molecular weight is 312 g/mol. The molecule has 0 heterocycles. The van der Waals surface area contributed by atoms with Crippen LogP contribution in [0.25, 0.3) is 0 Å². The van der Waals surface area contributed by atoms with Crippen LogP contribution in [0, 0.1) is 5.92 Å². The zero-order valence-electron chi connectivity index (χ0n) is 10.5. The van der Waals surface area contributed by atoms with Gasteiger partial charge in [-0.1, -0.05) is 22.4 Å². The summed E-state index contributed by atoms with van der Waals surface area (Å²) in [7, 11) is 0. The fraction of sp³-hybridized carbons (Fsp3) is 0.500. The highest BCUT2D eigenvalue weighted by atomic mass is 79.9. The Hall–Kier alpha value is -1.03. The second-order valence-electron chi connectivity index (χ2n) is 4.51. The van der Waals surface area contributed by atoms with Crippen LogP contribution < -0.4 is 10.1 Å². The topological polar surface area (TPSA) is 38.3 Å². The Labute approximate surface area is 116 Å². The number of hydrogen-bond acceptors (Lipinski definition) is 2. The summed E-state index contributed by atoms with van der Waals surface area (Å²) >= 11 is 3.44. The standard InChI is InChI=1S/C14H18BrNO2/c1-2-18-13-7-6-12(8-11(13)9-15)16-14(17)10-4-3-5-10/h6-8,10H,2-5,9H2,1H3,(H,16,17). The zero-order valence-corrected chi connectivity index (χ0v) is 12.1. The Morgan fingerprint density at radius 1 is 1.50 bits per heavy atom. The first-order chi connectivity index (χ1) is 8.74. The predicted octanol–water partition coefficient (Wildman–Crippen LogP) is 3.72. The monoisotopic (exact) mass is 311 g/mol. The summed E-state index contributed by atoms with van der Waals surface area (Å²) in [5.74, 6) is 1.23. The molecule has 4 heteroatoms. The second kappa shape index (κ2) is 6.23. The summed E-state index contributed by atoms with van der Waals surface area (Å²) in [5.41, 5.74) is 1.91. The van der Waals surface area contributed by atoms with Crippen LogP contribution in [0.2, 0.25) is 0 Å². The van der Waals surface area contributed by atoms with Gasteiger partial charge in [0.15, 0.2) is 0 Å². The van der Waals surface area contributed by atoms with E-state index >= 15 is 0 Å². The number of rotatable bonds is 5. The van der Waals surface area contributed by atoms with Gasteiger partial charge in [0.1, 0.15) is 5.75 Å². The van der Waals surface area contributed by atoms with Crippen molar-refractivity contribution in [3.63, 3.8) is 0 Å². The molecule has 0 spiro atoms. The summed E-state index contributed by atoms with van der Waals surface area (Å²) in [6, 6.07) is 5.78. The van der Waals surface area contributed by atoms with Crippen LogP contribution in [0.5, 0.6) is 5.75 Å². The van der Waals surface area contributed by atoms with Crippen molar-refractivity contribution in [2.75, 3.05) is 11.9 Å².